The summed E-state index contributed by atoms with van der Waals surface area (Å²) in [5.74, 6) is 0.0121. The first kappa shape index (κ1) is 20.9. The molecule has 162 valence electrons. The SMILES string of the molecule is Cc1ccc(-c2noc(CCC(=O)NC3CS(=O)(=O)CC3N3CCCC3)n2)cc1F. The Morgan fingerprint density at radius 1 is 1.30 bits per heavy atom. The number of carbonyl (C=O) groups excluding carboxylic acids is 1. The van der Waals surface area contributed by atoms with Crippen LogP contribution in [0.5, 0.6) is 0 Å². The van der Waals surface area contributed by atoms with E-state index in [1.54, 1.807) is 19.1 Å². The van der Waals surface area contributed by atoms with Crippen LogP contribution in [0.3, 0.4) is 0 Å². The molecule has 1 aromatic carbocycles. The quantitative estimate of drug-likeness (QED) is 0.731. The van der Waals surface area contributed by atoms with Crippen LogP contribution in [0, 0.1) is 12.7 Å². The van der Waals surface area contributed by atoms with E-state index < -0.39 is 15.9 Å². The topological polar surface area (TPSA) is 105 Å². The molecule has 0 bridgehead atoms. The van der Waals surface area contributed by atoms with Gasteiger partial charge in [-0.2, -0.15) is 4.98 Å². The summed E-state index contributed by atoms with van der Waals surface area (Å²) >= 11 is 0. The first-order chi connectivity index (χ1) is 14.3. The molecule has 2 unspecified atom stereocenters. The minimum absolute atomic E-state index is 0.0242. The lowest BCUT2D eigenvalue weighted by molar-refractivity contribution is -0.122. The van der Waals surface area contributed by atoms with Gasteiger partial charge in [0.05, 0.1) is 17.5 Å². The van der Waals surface area contributed by atoms with E-state index in [1.165, 1.54) is 6.07 Å². The summed E-state index contributed by atoms with van der Waals surface area (Å²) in [6.45, 7) is 3.41. The van der Waals surface area contributed by atoms with E-state index in [0.29, 0.717) is 11.1 Å². The fraction of sp³-hybridized carbons (Fsp3) is 0.550. The van der Waals surface area contributed by atoms with Gasteiger partial charge in [0.15, 0.2) is 9.84 Å². The zero-order valence-electron chi connectivity index (χ0n) is 16.8. The Morgan fingerprint density at radius 3 is 2.80 bits per heavy atom. The van der Waals surface area contributed by atoms with Gasteiger partial charge in [0.2, 0.25) is 17.6 Å². The molecule has 8 nitrogen and oxygen atoms in total. The predicted octanol–water partition coefficient (Wildman–Crippen LogP) is 1.49. The lowest BCUT2D eigenvalue weighted by Gasteiger charge is -2.28. The molecule has 0 aliphatic carbocycles. The lowest BCUT2D eigenvalue weighted by atomic mass is 10.1. The summed E-state index contributed by atoms with van der Waals surface area (Å²) in [5.41, 5.74) is 1.03. The molecule has 2 saturated heterocycles. The Balaban J connectivity index is 1.34. The number of rotatable bonds is 6. The molecule has 2 fully saturated rings. The molecule has 2 atom stereocenters. The standard InChI is InChI=1S/C20H25FN4O4S/c1-13-4-5-14(10-15(13)21)20-23-19(29-24-20)7-6-18(26)22-16-11-30(27,28)12-17(16)25-8-2-3-9-25/h4-5,10,16-17H,2-3,6-9,11-12H2,1H3,(H,22,26). The van der Waals surface area contributed by atoms with Crippen LogP contribution in [0.25, 0.3) is 11.4 Å². The number of hydrogen-bond acceptors (Lipinski definition) is 7. The van der Waals surface area contributed by atoms with Crippen molar-refractivity contribution >= 4 is 15.7 Å². The summed E-state index contributed by atoms with van der Waals surface area (Å²) in [5, 5.41) is 6.74. The Kier molecular flexibility index (Phi) is 5.88. The molecule has 1 amide bonds. The highest BCUT2D eigenvalue weighted by Crippen LogP contribution is 2.23. The normalized spacial score (nSPS) is 23.7. The minimum Gasteiger partial charge on any atom is -0.351 e. The van der Waals surface area contributed by atoms with Crippen molar-refractivity contribution in [1.82, 2.24) is 20.4 Å². The fourth-order valence-corrected chi connectivity index (χ4v) is 6.06. The molecular formula is C20H25FN4O4S. The summed E-state index contributed by atoms with van der Waals surface area (Å²) in [4.78, 5) is 18.8. The summed E-state index contributed by atoms with van der Waals surface area (Å²) in [7, 11) is -3.16. The zero-order chi connectivity index (χ0) is 21.3. The zero-order valence-corrected chi connectivity index (χ0v) is 17.6. The second kappa shape index (κ2) is 8.43. The monoisotopic (exact) mass is 436 g/mol. The number of aryl methyl sites for hydroxylation is 2. The summed E-state index contributed by atoms with van der Waals surface area (Å²) < 4.78 is 43.1. The van der Waals surface area contributed by atoms with Gasteiger partial charge in [0.1, 0.15) is 5.82 Å². The molecule has 10 heteroatoms. The lowest BCUT2D eigenvalue weighted by Crippen LogP contribution is -2.50. The van der Waals surface area contributed by atoms with Crippen LogP contribution in [-0.2, 0) is 21.1 Å². The highest BCUT2D eigenvalue weighted by Gasteiger charge is 2.42. The molecule has 4 rings (SSSR count). The number of hydrogen-bond donors (Lipinski definition) is 1. The first-order valence-electron chi connectivity index (χ1n) is 10.1. The van der Waals surface area contributed by atoms with E-state index in [-0.39, 0.29) is 53.8 Å². The molecule has 2 aliphatic heterocycles. The maximum Gasteiger partial charge on any atom is 0.227 e. The number of sulfone groups is 1. The number of nitrogens with one attached hydrogen (secondary N) is 1. The Bertz CT molecular complexity index is 1030. The molecule has 3 heterocycles. The van der Waals surface area contributed by atoms with E-state index >= 15 is 0 Å². The van der Waals surface area contributed by atoms with E-state index in [2.05, 4.69) is 20.4 Å². The fourth-order valence-electron chi connectivity index (χ4n) is 4.11. The van der Waals surface area contributed by atoms with E-state index in [4.69, 9.17) is 4.52 Å². The van der Waals surface area contributed by atoms with Crippen LogP contribution in [0.15, 0.2) is 22.7 Å². The molecule has 30 heavy (non-hydrogen) atoms. The van der Waals surface area contributed by atoms with Gasteiger partial charge in [0, 0.05) is 24.4 Å². The molecule has 0 radical (unpaired) electrons. The minimum atomic E-state index is -3.16. The van der Waals surface area contributed by atoms with Crippen LogP contribution in [0.2, 0.25) is 0 Å². The van der Waals surface area contributed by atoms with Gasteiger partial charge < -0.3 is 9.84 Å². The molecule has 2 aromatic rings. The Morgan fingerprint density at radius 2 is 2.07 bits per heavy atom. The van der Waals surface area contributed by atoms with Gasteiger partial charge in [0.25, 0.3) is 0 Å². The van der Waals surface area contributed by atoms with Gasteiger partial charge in [-0.05, 0) is 44.5 Å². The number of aromatic nitrogens is 2. The van der Waals surface area contributed by atoms with Crippen molar-refractivity contribution in [3.63, 3.8) is 0 Å². The Hall–Kier alpha value is -2.33. The Labute approximate surface area is 174 Å². The van der Waals surface area contributed by atoms with Crippen LogP contribution >= 0.6 is 0 Å². The molecule has 1 aromatic heterocycles. The number of benzene rings is 1. The maximum atomic E-state index is 13.7. The average molecular weight is 437 g/mol. The van der Waals surface area contributed by atoms with Gasteiger partial charge in [-0.3, -0.25) is 9.69 Å². The number of amides is 1. The number of halogens is 1. The molecule has 0 saturated carbocycles. The van der Waals surface area contributed by atoms with Crippen LogP contribution in [0.1, 0.15) is 30.7 Å². The van der Waals surface area contributed by atoms with Crippen molar-refractivity contribution in [3.8, 4) is 11.4 Å². The van der Waals surface area contributed by atoms with Crippen molar-refractivity contribution in [2.45, 2.75) is 44.7 Å². The van der Waals surface area contributed by atoms with Crippen molar-refractivity contribution in [2.75, 3.05) is 24.6 Å². The largest absolute Gasteiger partial charge is 0.351 e. The third-order valence-electron chi connectivity index (χ3n) is 5.74. The van der Waals surface area contributed by atoms with Crippen molar-refractivity contribution < 1.29 is 22.1 Å². The van der Waals surface area contributed by atoms with Crippen LogP contribution in [-0.4, -0.2) is 66.0 Å². The van der Waals surface area contributed by atoms with Gasteiger partial charge >= 0.3 is 0 Å². The van der Waals surface area contributed by atoms with Gasteiger partial charge in [-0.15, -0.1) is 0 Å². The molecular weight excluding hydrogens is 411 g/mol. The van der Waals surface area contributed by atoms with Crippen LogP contribution < -0.4 is 5.32 Å². The highest BCUT2D eigenvalue weighted by atomic mass is 32.2. The third-order valence-corrected chi connectivity index (χ3v) is 7.46. The van der Waals surface area contributed by atoms with E-state index in [0.717, 1.165) is 25.9 Å². The van der Waals surface area contributed by atoms with Gasteiger partial charge in [-0.25, -0.2) is 12.8 Å². The predicted molar refractivity (Wildman–Crippen MR) is 108 cm³/mol. The maximum absolute atomic E-state index is 13.7. The number of likely N-dealkylation sites (tertiary alicyclic amines) is 1. The van der Waals surface area contributed by atoms with E-state index in [1.807, 2.05) is 0 Å². The number of carbonyl (C=O) groups is 1. The molecule has 2 aliphatic rings. The third kappa shape index (κ3) is 4.70. The second-order valence-electron chi connectivity index (χ2n) is 8.04. The number of nitrogens with zero attached hydrogens (tertiary/aromatic N) is 3. The molecule has 1 N–H and O–H groups in total. The van der Waals surface area contributed by atoms with Crippen molar-refractivity contribution in [2.24, 2.45) is 0 Å². The van der Waals surface area contributed by atoms with Crippen molar-refractivity contribution in [3.05, 3.63) is 35.5 Å². The smallest absolute Gasteiger partial charge is 0.227 e. The highest BCUT2D eigenvalue weighted by molar-refractivity contribution is 7.91. The van der Waals surface area contributed by atoms with Gasteiger partial charge in [-0.1, -0.05) is 17.3 Å². The van der Waals surface area contributed by atoms with Crippen LogP contribution in [0.4, 0.5) is 4.39 Å². The van der Waals surface area contributed by atoms with Crippen molar-refractivity contribution in [1.29, 1.82) is 0 Å². The molecule has 0 spiro atoms. The average Bonchev–Trinajstić information content (AvgIpc) is 3.42. The first-order valence-corrected chi connectivity index (χ1v) is 12.0. The summed E-state index contributed by atoms with van der Waals surface area (Å²) in [6, 6.07) is 4.14. The summed E-state index contributed by atoms with van der Waals surface area (Å²) in [6.07, 6.45) is 2.44. The second-order valence-corrected chi connectivity index (χ2v) is 10.2. The van der Waals surface area contributed by atoms with E-state index in [9.17, 15) is 17.6 Å².